The molecule has 0 saturated carbocycles. The van der Waals surface area contributed by atoms with Crippen LogP contribution in [-0.4, -0.2) is 34.9 Å². The number of unbranched alkanes of at least 4 members (excludes halogenated alkanes) is 30. The van der Waals surface area contributed by atoms with Gasteiger partial charge in [-0.1, -0.05) is 351 Å². The maximum atomic E-state index is 12.5. The lowest BCUT2D eigenvalue weighted by molar-refractivity contribution is -0.123. The van der Waals surface area contributed by atoms with Gasteiger partial charge in [0.15, 0.2) is 0 Å². The third kappa shape index (κ3) is 68.5. The van der Waals surface area contributed by atoms with E-state index in [0.717, 1.165) is 128 Å². The summed E-state index contributed by atoms with van der Waals surface area (Å²) in [5, 5.41) is 23.2. The van der Waals surface area contributed by atoms with Crippen molar-refractivity contribution in [2.24, 2.45) is 0 Å². The lowest BCUT2D eigenvalue weighted by atomic mass is 10.0. The number of hydrogen-bond acceptors (Lipinski definition) is 3. The third-order valence-electron chi connectivity index (χ3n) is 15.2. The first-order valence-electron chi connectivity index (χ1n) is 35.3. The van der Waals surface area contributed by atoms with E-state index in [1.54, 1.807) is 6.08 Å². The summed E-state index contributed by atoms with van der Waals surface area (Å²) >= 11 is 0. The molecule has 476 valence electrons. The Hall–Kier alpha value is -4.25. The summed E-state index contributed by atoms with van der Waals surface area (Å²) in [6.45, 7) is 4.19. The van der Waals surface area contributed by atoms with Crippen molar-refractivity contribution in [3.05, 3.63) is 170 Å². The van der Waals surface area contributed by atoms with Crippen LogP contribution in [0.3, 0.4) is 0 Å². The Balaban J connectivity index is 3.66. The molecule has 2 atom stereocenters. The van der Waals surface area contributed by atoms with Gasteiger partial charge in [-0.3, -0.25) is 4.79 Å². The van der Waals surface area contributed by atoms with Crippen LogP contribution >= 0.6 is 0 Å². The van der Waals surface area contributed by atoms with Crippen LogP contribution in [0, 0.1) is 0 Å². The Morgan fingerprint density at radius 1 is 0.298 bits per heavy atom. The fourth-order valence-electron chi connectivity index (χ4n) is 9.88. The molecule has 0 bridgehead atoms. The van der Waals surface area contributed by atoms with Crippen molar-refractivity contribution >= 4 is 5.91 Å². The molecule has 3 N–H and O–H groups in total. The highest BCUT2D eigenvalue weighted by molar-refractivity contribution is 5.76. The van der Waals surface area contributed by atoms with Gasteiger partial charge in [-0.2, -0.15) is 0 Å². The SMILES string of the molecule is CC/C=C\C/C=C\C/C=C\C/C=C\C/C=C\C/C=C\C/C=C\C/C=C\C/C=C\C/C=C\C/C=C\C/C=C\CCCCCCC(=O)NC(CO)C(O)/C=C/CC/C=C/CCCCCCCCCCCCCCCCCCCCCCCCCCC. The molecule has 4 heteroatoms. The summed E-state index contributed by atoms with van der Waals surface area (Å²) in [5.41, 5.74) is 0. The van der Waals surface area contributed by atoms with E-state index in [1.165, 1.54) is 161 Å². The van der Waals surface area contributed by atoms with E-state index in [4.69, 9.17) is 0 Å². The van der Waals surface area contributed by atoms with Crippen molar-refractivity contribution in [2.75, 3.05) is 6.61 Å². The lowest BCUT2D eigenvalue weighted by Gasteiger charge is -2.19. The molecule has 0 fully saturated rings. The molecule has 0 aliphatic rings. The number of nitrogens with one attached hydrogen (secondary N) is 1. The molecular weight excluding hydrogens is 1020 g/mol. The Labute approximate surface area is 521 Å². The number of hydrogen-bond donors (Lipinski definition) is 3. The van der Waals surface area contributed by atoms with Crippen molar-refractivity contribution in [3.8, 4) is 0 Å². The van der Waals surface area contributed by atoms with Gasteiger partial charge >= 0.3 is 0 Å². The third-order valence-corrected chi connectivity index (χ3v) is 15.2. The van der Waals surface area contributed by atoms with Gasteiger partial charge in [0.2, 0.25) is 5.91 Å². The van der Waals surface area contributed by atoms with Crippen LogP contribution in [0.4, 0.5) is 0 Å². The molecule has 2 unspecified atom stereocenters. The van der Waals surface area contributed by atoms with Gasteiger partial charge in [0.05, 0.1) is 18.8 Å². The Morgan fingerprint density at radius 3 is 0.833 bits per heavy atom. The monoisotopic (exact) mass is 1160 g/mol. The van der Waals surface area contributed by atoms with Crippen LogP contribution in [-0.2, 0) is 4.79 Å². The van der Waals surface area contributed by atoms with Crippen molar-refractivity contribution in [1.29, 1.82) is 0 Å². The van der Waals surface area contributed by atoms with Crippen LogP contribution in [0.5, 0.6) is 0 Å². The van der Waals surface area contributed by atoms with Crippen molar-refractivity contribution in [2.45, 2.75) is 321 Å². The molecule has 0 aliphatic heterocycles. The second kappa shape index (κ2) is 73.0. The highest BCUT2D eigenvalue weighted by atomic mass is 16.3. The van der Waals surface area contributed by atoms with Gasteiger partial charge < -0.3 is 15.5 Å². The van der Waals surface area contributed by atoms with Crippen LogP contribution in [0.25, 0.3) is 0 Å². The Bertz CT molecular complexity index is 1790. The highest BCUT2D eigenvalue weighted by Crippen LogP contribution is 2.17. The number of aliphatic hydroxyl groups is 2. The van der Waals surface area contributed by atoms with E-state index in [9.17, 15) is 15.0 Å². The normalized spacial score (nSPS) is 13.8. The average Bonchev–Trinajstić information content (AvgIpc) is 3.51. The van der Waals surface area contributed by atoms with Gasteiger partial charge in [-0.25, -0.2) is 0 Å². The number of amides is 1. The number of carbonyl (C=O) groups excluding carboxylic acids is 1. The van der Waals surface area contributed by atoms with E-state index in [0.29, 0.717) is 6.42 Å². The maximum Gasteiger partial charge on any atom is 0.220 e. The predicted molar refractivity (Wildman–Crippen MR) is 377 cm³/mol. The molecule has 0 aromatic rings. The van der Waals surface area contributed by atoms with E-state index in [-0.39, 0.29) is 12.5 Å². The number of carbonyl (C=O) groups is 1. The fourth-order valence-corrected chi connectivity index (χ4v) is 9.88. The number of allylic oxidation sites excluding steroid dienone is 27. The predicted octanol–water partition coefficient (Wildman–Crippen LogP) is 24.6. The second-order valence-corrected chi connectivity index (χ2v) is 23.2. The summed E-state index contributed by atoms with van der Waals surface area (Å²) in [6.07, 6.45) is 117. The topological polar surface area (TPSA) is 69.6 Å². The Kier molecular flexibility index (Phi) is 69.3. The zero-order chi connectivity index (χ0) is 60.5. The van der Waals surface area contributed by atoms with Crippen LogP contribution in [0.1, 0.15) is 309 Å². The van der Waals surface area contributed by atoms with Crippen LogP contribution in [0.2, 0.25) is 0 Å². The molecule has 4 nitrogen and oxygen atoms in total. The van der Waals surface area contributed by atoms with Gasteiger partial charge in [0.25, 0.3) is 0 Å². The van der Waals surface area contributed by atoms with E-state index in [2.05, 4.69) is 177 Å². The first-order valence-corrected chi connectivity index (χ1v) is 35.3. The Morgan fingerprint density at radius 2 is 0.536 bits per heavy atom. The molecule has 0 aliphatic carbocycles. The van der Waals surface area contributed by atoms with E-state index in [1.807, 2.05) is 6.08 Å². The van der Waals surface area contributed by atoms with Gasteiger partial charge in [-0.15, -0.1) is 0 Å². The molecule has 0 rings (SSSR count). The lowest BCUT2D eigenvalue weighted by Crippen LogP contribution is -2.45. The summed E-state index contributed by atoms with van der Waals surface area (Å²) in [7, 11) is 0. The molecular formula is C80H133NO3. The van der Waals surface area contributed by atoms with Crippen molar-refractivity contribution in [3.63, 3.8) is 0 Å². The van der Waals surface area contributed by atoms with E-state index >= 15 is 0 Å². The zero-order valence-electron chi connectivity index (χ0n) is 54.9. The average molecular weight is 1160 g/mol. The molecule has 0 radical (unpaired) electrons. The van der Waals surface area contributed by atoms with Crippen molar-refractivity contribution in [1.82, 2.24) is 5.32 Å². The molecule has 84 heavy (non-hydrogen) atoms. The quantitative estimate of drug-likeness (QED) is 0.0420. The van der Waals surface area contributed by atoms with Gasteiger partial charge in [-0.05, 0) is 122 Å². The molecule has 0 heterocycles. The summed E-state index contributed by atoms with van der Waals surface area (Å²) < 4.78 is 0. The highest BCUT2D eigenvalue weighted by Gasteiger charge is 2.18. The second-order valence-electron chi connectivity index (χ2n) is 23.2. The molecule has 0 spiro atoms. The fraction of sp³-hybridized carbons (Fsp3) is 0.637. The first-order chi connectivity index (χ1) is 41.7. The minimum Gasteiger partial charge on any atom is -0.394 e. The standard InChI is InChI=1S/C80H133NO3/c1-3-5-7-9-11-13-15-17-19-21-23-25-27-29-31-33-35-36-37-38-39-40-41-42-43-44-46-48-50-52-54-56-58-60-62-64-66-68-70-72-74-76-80(84)81-78(77-82)79(83)75-73-71-69-67-65-63-61-59-57-55-53-51-49-47-45-34-32-30-28-26-24-22-20-18-16-14-12-10-8-6-4-2/h5,7,11,13,17,19,23,25,29,31,35-36,38-39,41-42,44,46,50,52,56,58,62,64-65,67,73,75,78-79,82-83H,3-4,6,8-10,12,14-16,18,20-22,24,26-28,30,32-34,37,40,43,45,47-49,51,53-55,57,59-61,63,66,68-72,74,76-77H2,1-2H3,(H,81,84)/b7-5-,13-11-,19-17-,25-23-,31-29-,36-35-,39-38-,42-41-,46-44-,52-50-,58-56-,64-62-,67-65+,75-73+. The van der Waals surface area contributed by atoms with Crippen LogP contribution in [0.15, 0.2) is 170 Å². The number of rotatable bonds is 63. The van der Waals surface area contributed by atoms with Gasteiger partial charge in [0.1, 0.15) is 0 Å². The molecule has 0 aromatic heterocycles. The summed E-state index contributed by atoms with van der Waals surface area (Å²) in [4.78, 5) is 12.5. The smallest absolute Gasteiger partial charge is 0.220 e. The minimum absolute atomic E-state index is 0.102. The zero-order valence-corrected chi connectivity index (χ0v) is 54.9. The largest absolute Gasteiger partial charge is 0.394 e. The van der Waals surface area contributed by atoms with Crippen LogP contribution < -0.4 is 5.32 Å². The maximum absolute atomic E-state index is 12.5. The number of aliphatic hydroxyl groups excluding tert-OH is 2. The summed E-state index contributed by atoms with van der Waals surface area (Å²) in [5.74, 6) is -0.102. The first kappa shape index (κ1) is 79.8. The minimum atomic E-state index is -0.888. The summed E-state index contributed by atoms with van der Waals surface area (Å²) in [6, 6.07) is -0.668. The molecule has 0 aromatic carbocycles. The molecule has 0 saturated heterocycles. The van der Waals surface area contributed by atoms with E-state index < -0.39 is 12.1 Å². The van der Waals surface area contributed by atoms with Gasteiger partial charge in [0, 0.05) is 6.42 Å². The van der Waals surface area contributed by atoms with Crippen molar-refractivity contribution < 1.29 is 15.0 Å². The molecule has 1 amide bonds.